The van der Waals surface area contributed by atoms with Gasteiger partial charge in [-0.15, -0.1) is 0 Å². The van der Waals surface area contributed by atoms with Gasteiger partial charge in [0.15, 0.2) is 5.58 Å². The SMILES string of the molecule is Cc1cc(-c2c(C(=O)Nc3ccc(Cl)c(Cl)c3)c3cc(NCCO)c2o3)ccn1. The van der Waals surface area contributed by atoms with Crippen LogP contribution >= 0.6 is 23.2 Å². The molecule has 2 bridgehead atoms. The number of carbonyl (C=O) groups is 1. The Balaban J connectivity index is 1.78. The third-order valence-corrected chi connectivity index (χ3v) is 5.21. The highest BCUT2D eigenvalue weighted by atomic mass is 35.5. The van der Waals surface area contributed by atoms with E-state index in [2.05, 4.69) is 15.6 Å². The molecule has 0 aliphatic rings. The van der Waals surface area contributed by atoms with Crippen molar-refractivity contribution in [2.24, 2.45) is 0 Å². The second kappa shape index (κ2) is 7.91. The van der Waals surface area contributed by atoms with Crippen molar-refractivity contribution in [2.45, 2.75) is 6.92 Å². The zero-order valence-corrected chi connectivity index (χ0v) is 16.9. The van der Waals surface area contributed by atoms with Crippen LogP contribution in [0.5, 0.6) is 0 Å². The highest BCUT2D eigenvalue weighted by Gasteiger charge is 2.27. The zero-order chi connectivity index (χ0) is 20.5. The number of nitrogens with one attached hydrogen (secondary N) is 2. The van der Waals surface area contributed by atoms with Crippen molar-refractivity contribution in [1.82, 2.24) is 4.98 Å². The normalized spacial score (nSPS) is 11.2. The molecular weight excluding hydrogens is 413 g/mol. The maximum absolute atomic E-state index is 13.1. The van der Waals surface area contributed by atoms with Crippen LogP contribution in [0.3, 0.4) is 0 Å². The molecule has 29 heavy (non-hydrogen) atoms. The smallest absolute Gasteiger partial charge is 0.260 e. The molecule has 1 amide bonds. The Morgan fingerprint density at radius 2 is 2.00 bits per heavy atom. The number of benzene rings is 2. The second-order valence-electron chi connectivity index (χ2n) is 6.52. The minimum absolute atomic E-state index is 0.0158. The molecule has 3 heterocycles. The van der Waals surface area contributed by atoms with Crippen LogP contribution in [0.4, 0.5) is 11.4 Å². The van der Waals surface area contributed by atoms with E-state index >= 15 is 0 Å². The van der Waals surface area contributed by atoms with Crippen LogP contribution < -0.4 is 10.6 Å². The minimum Gasteiger partial charge on any atom is -0.454 e. The van der Waals surface area contributed by atoms with Gasteiger partial charge in [-0.3, -0.25) is 9.78 Å². The molecule has 0 atom stereocenters. The quantitative estimate of drug-likeness (QED) is 0.391. The van der Waals surface area contributed by atoms with E-state index in [9.17, 15) is 4.79 Å². The van der Waals surface area contributed by atoms with Crippen LogP contribution in [0.25, 0.3) is 22.3 Å². The number of halogens is 2. The van der Waals surface area contributed by atoms with E-state index in [0.717, 1.165) is 16.9 Å². The molecule has 0 saturated carbocycles. The summed E-state index contributed by atoms with van der Waals surface area (Å²) >= 11 is 12.0. The number of nitrogens with zero attached hydrogens (tertiary/aromatic N) is 1. The molecule has 3 aromatic heterocycles. The first-order valence-electron chi connectivity index (χ1n) is 8.91. The van der Waals surface area contributed by atoms with E-state index in [1.165, 1.54) is 0 Å². The summed E-state index contributed by atoms with van der Waals surface area (Å²) in [7, 11) is 0. The number of amides is 1. The number of hydrogen-bond donors (Lipinski definition) is 3. The summed E-state index contributed by atoms with van der Waals surface area (Å²) in [6.07, 6.45) is 1.69. The standard InChI is InChI=1S/C21H17Cl2N3O3/c1-11-8-12(4-5-24-11)18-19(17-10-16(20(18)29-17)25-6-7-27)21(28)26-13-2-3-14(22)15(23)9-13/h2-5,8-10,25,27H,6-7H2,1H3,(H,26,28). The molecule has 4 aromatic rings. The molecule has 0 spiro atoms. The summed E-state index contributed by atoms with van der Waals surface area (Å²) in [5, 5.41) is 15.8. The van der Waals surface area contributed by atoms with Gasteiger partial charge in [0.2, 0.25) is 0 Å². The molecule has 0 unspecified atom stereocenters. The van der Waals surface area contributed by atoms with Crippen LogP contribution in [0.15, 0.2) is 47.0 Å². The predicted molar refractivity (Wildman–Crippen MR) is 115 cm³/mol. The number of aliphatic hydroxyl groups is 1. The van der Waals surface area contributed by atoms with Crippen molar-refractivity contribution in [1.29, 1.82) is 0 Å². The van der Waals surface area contributed by atoms with Gasteiger partial charge in [0.05, 0.1) is 27.9 Å². The number of rotatable bonds is 6. The summed E-state index contributed by atoms with van der Waals surface area (Å²) in [6.45, 7) is 2.24. The van der Waals surface area contributed by atoms with E-state index in [4.69, 9.17) is 32.7 Å². The van der Waals surface area contributed by atoms with E-state index < -0.39 is 0 Å². The van der Waals surface area contributed by atoms with E-state index in [1.54, 1.807) is 30.5 Å². The number of pyridine rings is 1. The van der Waals surface area contributed by atoms with Crippen LogP contribution in [-0.2, 0) is 0 Å². The first-order chi connectivity index (χ1) is 14.0. The van der Waals surface area contributed by atoms with Gasteiger partial charge in [-0.25, -0.2) is 0 Å². The van der Waals surface area contributed by atoms with Gasteiger partial charge in [-0.2, -0.15) is 0 Å². The lowest BCUT2D eigenvalue weighted by molar-refractivity contribution is 0.102. The first-order valence-corrected chi connectivity index (χ1v) is 9.66. The van der Waals surface area contributed by atoms with Crippen LogP contribution in [0.1, 0.15) is 16.1 Å². The van der Waals surface area contributed by atoms with Crippen LogP contribution in [-0.4, -0.2) is 29.1 Å². The monoisotopic (exact) mass is 429 g/mol. The summed E-state index contributed by atoms with van der Waals surface area (Å²) in [6, 6.07) is 10.4. The molecule has 8 heteroatoms. The van der Waals surface area contributed by atoms with E-state index in [-0.39, 0.29) is 12.5 Å². The Morgan fingerprint density at radius 1 is 1.17 bits per heavy atom. The van der Waals surface area contributed by atoms with Gasteiger partial charge in [0.25, 0.3) is 5.91 Å². The number of aromatic nitrogens is 1. The largest absolute Gasteiger partial charge is 0.454 e. The Labute approximate surface area is 176 Å². The molecule has 148 valence electrons. The maximum atomic E-state index is 13.1. The maximum Gasteiger partial charge on any atom is 0.260 e. The van der Waals surface area contributed by atoms with Crippen molar-refractivity contribution < 1.29 is 14.3 Å². The van der Waals surface area contributed by atoms with Crippen LogP contribution in [0, 0.1) is 6.92 Å². The molecule has 0 radical (unpaired) electrons. The highest BCUT2D eigenvalue weighted by molar-refractivity contribution is 6.42. The average Bonchev–Trinajstić information content (AvgIpc) is 3.27. The molecule has 0 aliphatic carbocycles. The summed E-state index contributed by atoms with van der Waals surface area (Å²) < 4.78 is 5.90. The number of aliphatic hydroxyl groups excluding tert-OH is 1. The van der Waals surface area contributed by atoms with Gasteiger partial charge >= 0.3 is 0 Å². The molecule has 4 rings (SSSR count). The Bertz CT molecular complexity index is 1190. The summed E-state index contributed by atoms with van der Waals surface area (Å²) in [5.41, 5.74) is 4.99. The van der Waals surface area contributed by atoms with Crippen molar-refractivity contribution in [3.05, 3.63) is 63.9 Å². The fraction of sp³-hybridized carbons (Fsp3) is 0.143. The highest BCUT2D eigenvalue weighted by Crippen LogP contribution is 2.42. The lowest BCUT2D eigenvalue weighted by Gasteiger charge is -2.11. The molecule has 0 aliphatic heterocycles. The van der Waals surface area contributed by atoms with Crippen molar-refractivity contribution in [3.8, 4) is 11.1 Å². The third kappa shape index (κ3) is 3.74. The summed E-state index contributed by atoms with van der Waals surface area (Å²) in [4.78, 5) is 17.4. The molecule has 0 saturated heterocycles. The number of aryl methyl sites for hydroxylation is 1. The van der Waals surface area contributed by atoms with Crippen molar-refractivity contribution in [2.75, 3.05) is 23.8 Å². The minimum atomic E-state index is -0.324. The van der Waals surface area contributed by atoms with Gasteiger partial charge < -0.3 is 20.2 Å². The number of anilines is 2. The lowest BCUT2D eigenvalue weighted by Crippen LogP contribution is -2.13. The average molecular weight is 430 g/mol. The predicted octanol–water partition coefficient (Wildman–Crippen LogP) is 5.20. The molecule has 1 aromatic carbocycles. The first kappa shape index (κ1) is 19.5. The van der Waals surface area contributed by atoms with Crippen molar-refractivity contribution >= 4 is 51.6 Å². The van der Waals surface area contributed by atoms with E-state index in [1.807, 2.05) is 19.1 Å². The van der Waals surface area contributed by atoms with E-state index in [0.29, 0.717) is 44.6 Å². The van der Waals surface area contributed by atoms with Gasteiger partial charge in [0, 0.05) is 35.8 Å². The molecular formula is C21H17Cl2N3O3. The van der Waals surface area contributed by atoms with Crippen molar-refractivity contribution in [3.63, 3.8) is 0 Å². The van der Waals surface area contributed by atoms with Gasteiger partial charge in [-0.1, -0.05) is 23.2 Å². The number of hydrogen-bond acceptors (Lipinski definition) is 5. The summed E-state index contributed by atoms with van der Waals surface area (Å²) in [5.74, 6) is -0.324. The molecule has 6 nitrogen and oxygen atoms in total. The Morgan fingerprint density at radius 3 is 2.72 bits per heavy atom. The van der Waals surface area contributed by atoms with Gasteiger partial charge in [-0.05, 0) is 42.8 Å². The number of fused-ring (bicyclic) bond motifs is 2. The zero-order valence-electron chi connectivity index (χ0n) is 15.4. The lowest BCUT2D eigenvalue weighted by atomic mass is 9.98. The van der Waals surface area contributed by atoms with Gasteiger partial charge in [0.1, 0.15) is 5.58 Å². The van der Waals surface area contributed by atoms with Crippen LogP contribution in [0.2, 0.25) is 10.0 Å². The topological polar surface area (TPSA) is 87.4 Å². The number of carbonyl (C=O) groups excluding carboxylic acids is 1. The fourth-order valence-electron chi connectivity index (χ4n) is 3.23. The molecule has 0 fully saturated rings. The fourth-order valence-corrected chi connectivity index (χ4v) is 3.53. The molecule has 3 N–H and O–H groups in total. The Hall–Kier alpha value is -2.80. The third-order valence-electron chi connectivity index (χ3n) is 4.47. The second-order valence-corrected chi connectivity index (χ2v) is 7.34. The Kier molecular flexibility index (Phi) is 5.32. The number of furan rings is 2.